The standard InChI is InChI=1S/C8H10ClNO3S/c1-14(13)3-2-10-5-6(9)4-7(10)8(11)12/h4-5H,2-3H2,1H3,(H,11,12). The Morgan fingerprint density at radius 1 is 1.71 bits per heavy atom. The summed E-state index contributed by atoms with van der Waals surface area (Å²) in [5.41, 5.74) is 0.125. The van der Waals surface area contributed by atoms with E-state index >= 15 is 0 Å². The molecular formula is C8H10ClNO3S. The summed E-state index contributed by atoms with van der Waals surface area (Å²) >= 11 is 5.66. The quantitative estimate of drug-likeness (QED) is 0.854. The molecule has 1 unspecified atom stereocenters. The van der Waals surface area contributed by atoms with Crippen molar-refractivity contribution in [2.45, 2.75) is 6.54 Å². The van der Waals surface area contributed by atoms with Gasteiger partial charge < -0.3 is 9.67 Å². The number of carbonyl (C=O) groups is 1. The van der Waals surface area contributed by atoms with Crippen molar-refractivity contribution in [1.82, 2.24) is 4.57 Å². The van der Waals surface area contributed by atoms with Crippen LogP contribution < -0.4 is 0 Å². The molecule has 14 heavy (non-hydrogen) atoms. The van der Waals surface area contributed by atoms with E-state index in [4.69, 9.17) is 16.7 Å². The number of carboxylic acid groups (broad SMARTS) is 1. The van der Waals surface area contributed by atoms with Gasteiger partial charge in [0.2, 0.25) is 0 Å². The normalized spacial score (nSPS) is 12.7. The highest BCUT2D eigenvalue weighted by atomic mass is 35.5. The van der Waals surface area contributed by atoms with Gasteiger partial charge in [0.05, 0.1) is 5.02 Å². The third-order valence-corrected chi connectivity index (χ3v) is 2.67. The summed E-state index contributed by atoms with van der Waals surface area (Å²) in [5.74, 6) is -0.607. The summed E-state index contributed by atoms with van der Waals surface area (Å²) < 4.78 is 12.3. The fourth-order valence-electron chi connectivity index (χ4n) is 1.07. The van der Waals surface area contributed by atoms with Gasteiger partial charge in [-0.25, -0.2) is 4.79 Å². The van der Waals surface area contributed by atoms with Crippen molar-refractivity contribution in [3.63, 3.8) is 0 Å². The second kappa shape index (κ2) is 4.61. The molecule has 0 bridgehead atoms. The molecule has 0 aromatic carbocycles. The van der Waals surface area contributed by atoms with Crippen molar-refractivity contribution in [3.8, 4) is 0 Å². The Morgan fingerprint density at radius 2 is 2.36 bits per heavy atom. The summed E-state index contributed by atoms with van der Waals surface area (Å²) in [6.07, 6.45) is 3.10. The SMILES string of the molecule is CS(=O)CCn1cc(Cl)cc1C(=O)O. The van der Waals surface area contributed by atoms with E-state index in [0.29, 0.717) is 17.3 Å². The van der Waals surface area contributed by atoms with Gasteiger partial charge >= 0.3 is 5.97 Å². The van der Waals surface area contributed by atoms with Crippen LogP contribution in [0.2, 0.25) is 5.02 Å². The molecular weight excluding hydrogens is 226 g/mol. The van der Waals surface area contributed by atoms with Crippen molar-refractivity contribution in [2.75, 3.05) is 12.0 Å². The molecule has 0 aliphatic carbocycles. The molecule has 0 saturated heterocycles. The fourth-order valence-corrected chi connectivity index (χ4v) is 1.74. The van der Waals surface area contributed by atoms with Crippen LogP contribution in [0.25, 0.3) is 0 Å². The summed E-state index contributed by atoms with van der Waals surface area (Å²) in [4.78, 5) is 10.7. The average Bonchev–Trinajstić information content (AvgIpc) is 2.43. The maximum Gasteiger partial charge on any atom is 0.352 e. The lowest BCUT2D eigenvalue weighted by Gasteiger charge is -2.03. The lowest BCUT2D eigenvalue weighted by Crippen LogP contribution is -2.11. The number of carboxylic acids is 1. The zero-order valence-electron chi connectivity index (χ0n) is 7.57. The Kier molecular flexibility index (Phi) is 3.71. The predicted molar refractivity (Wildman–Crippen MR) is 55.3 cm³/mol. The molecule has 0 aliphatic rings. The average molecular weight is 236 g/mol. The summed E-state index contributed by atoms with van der Waals surface area (Å²) in [6.45, 7) is 0.400. The number of aromatic carboxylic acids is 1. The minimum absolute atomic E-state index is 0.125. The minimum Gasteiger partial charge on any atom is -0.477 e. The number of rotatable bonds is 4. The van der Waals surface area contributed by atoms with E-state index in [-0.39, 0.29) is 5.69 Å². The van der Waals surface area contributed by atoms with Crippen LogP contribution in [-0.2, 0) is 17.3 Å². The lowest BCUT2D eigenvalue weighted by atomic mass is 10.4. The molecule has 1 N–H and O–H groups in total. The van der Waals surface area contributed by atoms with Crippen LogP contribution in [0.3, 0.4) is 0 Å². The first-order valence-corrected chi connectivity index (χ1v) is 6.00. The van der Waals surface area contributed by atoms with Gasteiger partial charge in [-0.1, -0.05) is 11.6 Å². The highest BCUT2D eigenvalue weighted by Gasteiger charge is 2.11. The number of aromatic nitrogens is 1. The highest BCUT2D eigenvalue weighted by molar-refractivity contribution is 7.84. The van der Waals surface area contributed by atoms with Crippen LogP contribution >= 0.6 is 11.6 Å². The van der Waals surface area contributed by atoms with E-state index in [0.717, 1.165) is 0 Å². The molecule has 1 rings (SSSR count). The van der Waals surface area contributed by atoms with Crippen LogP contribution in [0.4, 0.5) is 0 Å². The Labute approximate surface area is 88.9 Å². The van der Waals surface area contributed by atoms with E-state index in [2.05, 4.69) is 0 Å². The molecule has 0 spiro atoms. The van der Waals surface area contributed by atoms with Crippen LogP contribution in [0, 0.1) is 0 Å². The largest absolute Gasteiger partial charge is 0.477 e. The molecule has 0 amide bonds. The summed E-state index contributed by atoms with van der Waals surface area (Å²) in [7, 11) is -0.935. The van der Waals surface area contributed by atoms with E-state index in [1.165, 1.54) is 16.8 Å². The van der Waals surface area contributed by atoms with Crippen LogP contribution in [-0.4, -0.2) is 31.9 Å². The molecule has 0 saturated carbocycles. The zero-order valence-corrected chi connectivity index (χ0v) is 9.14. The van der Waals surface area contributed by atoms with Crippen molar-refractivity contribution in [2.24, 2.45) is 0 Å². The number of aryl methyl sites for hydroxylation is 1. The van der Waals surface area contributed by atoms with Gasteiger partial charge in [0.15, 0.2) is 0 Å². The van der Waals surface area contributed by atoms with Gasteiger partial charge in [-0.3, -0.25) is 4.21 Å². The smallest absolute Gasteiger partial charge is 0.352 e. The Bertz CT molecular complexity index is 375. The Morgan fingerprint density at radius 3 is 2.86 bits per heavy atom. The van der Waals surface area contributed by atoms with Gasteiger partial charge in [-0.15, -0.1) is 0 Å². The fraction of sp³-hybridized carbons (Fsp3) is 0.375. The summed E-state index contributed by atoms with van der Waals surface area (Å²) in [5, 5.41) is 9.17. The van der Waals surface area contributed by atoms with E-state index in [9.17, 15) is 9.00 Å². The van der Waals surface area contributed by atoms with Crippen LogP contribution in [0.15, 0.2) is 12.3 Å². The molecule has 0 aliphatic heterocycles. The van der Waals surface area contributed by atoms with Gasteiger partial charge in [0.25, 0.3) is 0 Å². The maximum atomic E-state index is 10.8. The first kappa shape index (κ1) is 11.3. The van der Waals surface area contributed by atoms with E-state index in [1.54, 1.807) is 6.26 Å². The molecule has 0 fully saturated rings. The number of hydrogen-bond acceptors (Lipinski definition) is 2. The van der Waals surface area contributed by atoms with Gasteiger partial charge in [-0.05, 0) is 6.07 Å². The monoisotopic (exact) mass is 235 g/mol. The highest BCUT2D eigenvalue weighted by Crippen LogP contribution is 2.14. The van der Waals surface area contributed by atoms with Crippen molar-refractivity contribution in [3.05, 3.63) is 23.0 Å². The second-order valence-corrected chi connectivity index (χ2v) is 4.81. The number of nitrogens with zero attached hydrogens (tertiary/aromatic N) is 1. The van der Waals surface area contributed by atoms with Crippen molar-refractivity contribution in [1.29, 1.82) is 0 Å². The van der Waals surface area contributed by atoms with E-state index < -0.39 is 16.8 Å². The molecule has 1 atom stereocenters. The lowest BCUT2D eigenvalue weighted by molar-refractivity contribution is 0.0685. The first-order chi connectivity index (χ1) is 6.50. The van der Waals surface area contributed by atoms with Crippen molar-refractivity contribution < 1.29 is 14.1 Å². The van der Waals surface area contributed by atoms with Gasteiger partial charge in [-0.2, -0.15) is 0 Å². The Balaban J connectivity index is 2.84. The molecule has 78 valence electrons. The van der Waals surface area contributed by atoms with Crippen LogP contribution in [0.5, 0.6) is 0 Å². The van der Waals surface area contributed by atoms with Gasteiger partial charge in [0, 0.05) is 35.5 Å². The first-order valence-electron chi connectivity index (χ1n) is 3.89. The third kappa shape index (κ3) is 2.85. The molecule has 6 heteroatoms. The molecule has 1 heterocycles. The topological polar surface area (TPSA) is 59.3 Å². The third-order valence-electron chi connectivity index (χ3n) is 1.70. The number of hydrogen-bond donors (Lipinski definition) is 1. The van der Waals surface area contributed by atoms with E-state index in [1.807, 2.05) is 0 Å². The zero-order chi connectivity index (χ0) is 10.7. The Hall–Kier alpha value is -0.810. The number of halogens is 1. The predicted octanol–water partition coefficient (Wildman–Crippen LogP) is 1.22. The maximum absolute atomic E-state index is 10.8. The minimum atomic E-state index is -1.03. The summed E-state index contributed by atoms with van der Waals surface area (Å²) in [6, 6.07) is 1.38. The molecule has 4 nitrogen and oxygen atoms in total. The molecule has 0 radical (unpaired) electrons. The second-order valence-electron chi connectivity index (χ2n) is 2.82. The van der Waals surface area contributed by atoms with Gasteiger partial charge in [0.1, 0.15) is 5.69 Å². The molecule has 1 aromatic rings. The molecule has 1 aromatic heterocycles. The van der Waals surface area contributed by atoms with Crippen molar-refractivity contribution >= 4 is 28.4 Å². The van der Waals surface area contributed by atoms with Crippen LogP contribution in [0.1, 0.15) is 10.5 Å².